The Morgan fingerprint density at radius 2 is 1.93 bits per heavy atom. The highest BCUT2D eigenvalue weighted by molar-refractivity contribution is 5.84. The van der Waals surface area contributed by atoms with Gasteiger partial charge in [-0.25, -0.2) is 0 Å². The van der Waals surface area contributed by atoms with Gasteiger partial charge in [0.1, 0.15) is 5.76 Å². The lowest BCUT2D eigenvalue weighted by Crippen LogP contribution is -2.27. The summed E-state index contributed by atoms with van der Waals surface area (Å²) in [6.45, 7) is 10.3. The first kappa shape index (κ1) is 11.8. The molecular weight excluding hydrogens is 190 g/mol. The molecule has 0 aliphatic carbocycles. The van der Waals surface area contributed by atoms with Gasteiger partial charge in [-0.05, 0) is 40.2 Å². The van der Waals surface area contributed by atoms with E-state index >= 15 is 0 Å². The summed E-state index contributed by atoms with van der Waals surface area (Å²) in [6.07, 6.45) is 0. The van der Waals surface area contributed by atoms with Gasteiger partial charge in [0, 0.05) is 11.3 Å². The fourth-order valence-electron chi connectivity index (χ4n) is 1.61. The van der Waals surface area contributed by atoms with Crippen LogP contribution in [0.5, 0.6) is 0 Å². The van der Waals surface area contributed by atoms with Gasteiger partial charge in [-0.1, -0.05) is 0 Å². The molecule has 15 heavy (non-hydrogen) atoms. The van der Waals surface area contributed by atoms with Crippen LogP contribution in [0.4, 0.5) is 0 Å². The Morgan fingerprint density at radius 3 is 2.47 bits per heavy atom. The fourth-order valence-corrected chi connectivity index (χ4v) is 1.61. The molecule has 0 aromatic rings. The van der Waals surface area contributed by atoms with Gasteiger partial charge in [0.05, 0.1) is 12.5 Å². The normalized spacial score (nSPS) is 22.7. The summed E-state index contributed by atoms with van der Waals surface area (Å²) in [6, 6.07) is 0. The second-order valence-corrected chi connectivity index (χ2v) is 3.91. The maximum absolute atomic E-state index is 11.7. The van der Waals surface area contributed by atoms with Crippen LogP contribution in [-0.2, 0) is 9.53 Å². The van der Waals surface area contributed by atoms with Crippen LogP contribution < -0.4 is 5.32 Å². The first-order chi connectivity index (χ1) is 6.99. The predicted octanol–water partition coefficient (Wildman–Crippen LogP) is 2.36. The first-order valence-corrected chi connectivity index (χ1v) is 5.31. The summed E-state index contributed by atoms with van der Waals surface area (Å²) >= 11 is 0. The topological polar surface area (TPSA) is 38.3 Å². The van der Waals surface area contributed by atoms with E-state index in [-0.39, 0.29) is 11.8 Å². The van der Waals surface area contributed by atoms with Crippen molar-refractivity contribution in [2.75, 3.05) is 6.61 Å². The minimum absolute atomic E-state index is 0.0408. The smallest absolute Gasteiger partial charge is 0.231 e. The maximum Gasteiger partial charge on any atom is 0.231 e. The molecule has 0 aromatic carbocycles. The molecule has 0 spiro atoms. The number of carbonyl (C=O) groups is 1. The van der Waals surface area contributed by atoms with E-state index in [9.17, 15) is 4.79 Å². The van der Waals surface area contributed by atoms with E-state index in [1.54, 1.807) is 0 Å². The van der Waals surface area contributed by atoms with Crippen molar-refractivity contribution in [1.82, 2.24) is 5.32 Å². The third kappa shape index (κ3) is 2.22. The average Bonchev–Trinajstić information content (AvgIpc) is 2.26. The highest BCUT2D eigenvalue weighted by Gasteiger charge is 2.24. The number of carbonyl (C=O) groups excluding carboxylic acids is 1. The Kier molecular flexibility index (Phi) is 3.56. The Hall–Kier alpha value is -1.25. The van der Waals surface area contributed by atoms with E-state index in [0.717, 1.165) is 22.6 Å². The summed E-state index contributed by atoms with van der Waals surface area (Å²) in [5.41, 5.74) is 2.91. The zero-order chi connectivity index (χ0) is 11.6. The molecule has 0 fully saturated rings. The highest BCUT2D eigenvalue weighted by Crippen LogP contribution is 2.26. The molecule has 1 heterocycles. The number of nitrogens with one attached hydrogen (secondary N) is 1. The van der Waals surface area contributed by atoms with E-state index < -0.39 is 0 Å². The number of amides is 1. The predicted molar refractivity (Wildman–Crippen MR) is 60.0 cm³/mol. The summed E-state index contributed by atoms with van der Waals surface area (Å²) in [7, 11) is 0. The minimum Gasteiger partial charge on any atom is -0.494 e. The SMILES string of the molecule is CCOC1=C(C)C(C)C(=O)NC(C)=C1C. The third-order valence-corrected chi connectivity index (χ3v) is 2.90. The van der Waals surface area contributed by atoms with Gasteiger partial charge in [0.2, 0.25) is 5.91 Å². The summed E-state index contributed by atoms with van der Waals surface area (Å²) in [5, 5.41) is 2.88. The van der Waals surface area contributed by atoms with Crippen LogP contribution in [0.1, 0.15) is 34.6 Å². The Balaban J connectivity index is 3.21. The zero-order valence-electron chi connectivity index (χ0n) is 10.1. The van der Waals surface area contributed by atoms with E-state index in [2.05, 4.69) is 5.32 Å². The fraction of sp³-hybridized carbons (Fsp3) is 0.583. The average molecular weight is 209 g/mol. The zero-order valence-corrected chi connectivity index (χ0v) is 10.1. The van der Waals surface area contributed by atoms with Crippen molar-refractivity contribution in [3.63, 3.8) is 0 Å². The quantitative estimate of drug-likeness (QED) is 0.758. The highest BCUT2D eigenvalue weighted by atomic mass is 16.5. The maximum atomic E-state index is 11.7. The van der Waals surface area contributed by atoms with Crippen molar-refractivity contribution in [3.8, 4) is 0 Å². The summed E-state index contributed by atoms with van der Waals surface area (Å²) in [5.74, 6) is 0.777. The molecule has 1 amide bonds. The molecule has 1 aliphatic heterocycles. The molecular formula is C12H19NO2. The van der Waals surface area contributed by atoms with Gasteiger partial charge in [0.25, 0.3) is 0 Å². The van der Waals surface area contributed by atoms with E-state index in [0.29, 0.717) is 6.61 Å². The van der Waals surface area contributed by atoms with E-state index in [1.165, 1.54) is 0 Å². The lowest BCUT2D eigenvalue weighted by Gasteiger charge is -2.14. The van der Waals surface area contributed by atoms with Crippen LogP contribution in [0.3, 0.4) is 0 Å². The second kappa shape index (κ2) is 4.51. The van der Waals surface area contributed by atoms with Crippen molar-refractivity contribution in [2.24, 2.45) is 5.92 Å². The van der Waals surface area contributed by atoms with E-state index in [1.807, 2.05) is 34.6 Å². The van der Waals surface area contributed by atoms with E-state index in [4.69, 9.17) is 4.74 Å². The second-order valence-electron chi connectivity index (χ2n) is 3.91. The lowest BCUT2D eigenvalue weighted by atomic mass is 9.99. The number of rotatable bonds is 2. The molecule has 0 bridgehead atoms. The van der Waals surface area contributed by atoms with Crippen LogP contribution in [0.15, 0.2) is 22.6 Å². The number of allylic oxidation sites excluding steroid dienone is 2. The van der Waals surface area contributed by atoms with Crippen LogP contribution >= 0.6 is 0 Å². The molecule has 3 heteroatoms. The van der Waals surface area contributed by atoms with Crippen molar-refractivity contribution in [2.45, 2.75) is 34.6 Å². The number of hydrogen-bond donors (Lipinski definition) is 1. The molecule has 1 aliphatic rings. The Bertz CT molecular complexity index is 340. The molecule has 0 saturated heterocycles. The van der Waals surface area contributed by atoms with Gasteiger partial charge >= 0.3 is 0 Å². The van der Waals surface area contributed by atoms with Crippen molar-refractivity contribution in [1.29, 1.82) is 0 Å². The number of hydrogen-bond acceptors (Lipinski definition) is 2. The Labute approximate surface area is 91.2 Å². The lowest BCUT2D eigenvalue weighted by molar-refractivity contribution is -0.122. The first-order valence-electron chi connectivity index (χ1n) is 5.31. The van der Waals surface area contributed by atoms with Crippen LogP contribution in [-0.4, -0.2) is 12.5 Å². The molecule has 0 radical (unpaired) electrons. The van der Waals surface area contributed by atoms with Gasteiger partial charge < -0.3 is 10.1 Å². The van der Waals surface area contributed by atoms with Crippen molar-refractivity contribution >= 4 is 5.91 Å². The van der Waals surface area contributed by atoms with Crippen LogP contribution in [0.25, 0.3) is 0 Å². The van der Waals surface area contributed by atoms with Crippen LogP contribution in [0, 0.1) is 5.92 Å². The largest absolute Gasteiger partial charge is 0.494 e. The molecule has 0 aromatic heterocycles. The molecule has 1 unspecified atom stereocenters. The van der Waals surface area contributed by atoms with Gasteiger partial charge in [-0.3, -0.25) is 4.79 Å². The minimum atomic E-state index is -0.126. The van der Waals surface area contributed by atoms with Crippen molar-refractivity contribution < 1.29 is 9.53 Å². The molecule has 0 saturated carbocycles. The molecule has 1 rings (SSSR count). The molecule has 1 N–H and O–H groups in total. The summed E-state index contributed by atoms with van der Waals surface area (Å²) < 4.78 is 5.61. The third-order valence-electron chi connectivity index (χ3n) is 2.90. The molecule has 1 atom stereocenters. The Morgan fingerprint density at radius 1 is 1.33 bits per heavy atom. The standard InChI is InChI=1S/C12H19NO2/c1-6-15-11-7(2)8(3)12(14)13-10(5)9(11)4/h8H,6H2,1-5H3,(H,13,14). The van der Waals surface area contributed by atoms with Crippen molar-refractivity contribution in [3.05, 3.63) is 22.6 Å². The van der Waals surface area contributed by atoms with Gasteiger partial charge in [-0.2, -0.15) is 0 Å². The van der Waals surface area contributed by atoms with Gasteiger partial charge in [0.15, 0.2) is 0 Å². The molecule has 3 nitrogen and oxygen atoms in total. The number of ether oxygens (including phenoxy) is 1. The monoisotopic (exact) mass is 209 g/mol. The van der Waals surface area contributed by atoms with Crippen LogP contribution in [0.2, 0.25) is 0 Å². The molecule has 84 valence electrons. The summed E-state index contributed by atoms with van der Waals surface area (Å²) in [4.78, 5) is 11.7. The van der Waals surface area contributed by atoms with Gasteiger partial charge in [-0.15, -0.1) is 0 Å².